The van der Waals surface area contributed by atoms with E-state index in [1.54, 1.807) is 25.3 Å². The molecule has 1 aliphatic carbocycles. The lowest BCUT2D eigenvalue weighted by atomic mass is 10.1. The maximum absolute atomic E-state index is 12.1. The fourth-order valence-electron chi connectivity index (χ4n) is 2.67. The molecule has 2 atom stereocenters. The Labute approximate surface area is 128 Å². The summed E-state index contributed by atoms with van der Waals surface area (Å²) in [5.74, 6) is -0.671. The summed E-state index contributed by atoms with van der Waals surface area (Å²) in [5, 5.41) is 12.4. The molecule has 2 unspecified atom stereocenters. The van der Waals surface area contributed by atoms with Crippen molar-refractivity contribution in [2.45, 2.75) is 31.7 Å². The molecule has 1 aliphatic rings. The first-order chi connectivity index (χ1) is 9.99. The minimum atomic E-state index is -0.789. The molecule has 21 heavy (non-hydrogen) atoms. The number of ether oxygens (including phenoxy) is 1. The van der Waals surface area contributed by atoms with Crippen LogP contribution in [0.25, 0.3) is 0 Å². The van der Waals surface area contributed by atoms with Crippen LogP contribution in [0.4, 0.5) is 0 Å². The number of nitrogens with one attached hydrogen (secondary N) is 1. The Morgan fingerprint density at radius 2 is 2.19 bits per heavy atom. The Morgan fingerprint density at radius 3 is 2.81 bits per heavy atom. The molecule has 0 bridgehead atoms. The molecule has 5 nitrogen and oxygen atoms in total. The molecule has 2 rings (SSSR count). The monoisotopic (exact) mass is 311 g/mol. The zero-order chi connectivity index (χ0) is 15.4. The predicted octanol–water partition coefficient (Wildman–Crippen LogP) is 2.26. The van der Waals surface area contributed by atoms with Gasteiger partial charge in [-0.3, -0.25) is 9.59 Å². The van der Waals surface area contributed by atoms with E-state index in [0.717, 1.165) is 5.56 Å². The number of amides is 1. The third-order valence-electron chi connectivity index (χ3n) is 3.74. The normalized spacial score (nSPS) is 21.0. The first-order valence-electron chi connectivity index (χ1n) is 6.84. The Morgan fingerprint density at radius 1 is 1.43 bits per heavy atom. The van der Waals surface area contributed by atoms with E-state index < -0.39 is 5.97 Å². The molecule has 0 aromatic heterocycles. The first kappa shape index (κ1) is 15.6. The van der Waals surface area contributed by atoms with E-state index in [9.17, 15) is 9.59 Å². The lowest BCUT2D eigenvalue weighted by molar-refractivity contribution is -0.141. The van der Waals surface area contributed by atoms with Gasteiger partial charge in [0.1, 0.15) is 5.75 Å². The topological polar surface area (TPSA) is 75.6 Å². The maximum Gasteiger partial charge on any atom is 0.306 e. The van der Waals surface area contributed by atoms with Gasteiger partial charge in [-0.05, 0) is 37.5 Å². The number of rotatable bonds is 5. The van der Waals surface area contributed by atoms with Crippen LogP contribution < -0.4 is 10.1 Å². The van der Waals surface area contributed by atoms with E-state index in [1.807, 2.05) is 0 Å². The number of aliphatic carboxylic acids is 1. The van der Waals surface area contributed by atoms with Crippen molar-refractivity contribution in [2.24, 2.45) is 5.92 Å². The van der Waals surface area contributed by atoms with Gasteiger partial charge in [0.2, 0.25) is 5.91 Å². The highest BCUT2D eigenvalue weighted by Gasteiger charge is 2.30. The van der Waals surface area contributed by atoms with E-state index >= 15 is 0 Å². The molecule has 0 radical (unpaired) electrons. The van der Waals surface area contributed by atoms with Crippen LogP contribution in [-0.2, 0) is 16.0 Å². The van der Waals surface area contributed by atoms with Crippen LogP contribution in [0.1, 0.15) is 24.8 Å². The predicted molar refractivity (Wildman–Crippen MR) is 78.6 cm³/mol. The van der Waals surface area contributed by atoms with Gasteiger partial charge in [-0.2, -0.15) is 0 Å². The van der Waals surface area contributed by atoms with Crippen molar-refractivity contribution < 1.29 is 19.4 Å². The molecule has 6 heteroatoms. The number of carboxylic acids is 1. The van der Waals surface area contributed by atoms with Crippen molar-refractivity contribution >= 4 is 23.5 Å². The van der Waals surface area contributed by atoms with Crippen LogP contribution >= 0.6 is 11.6 Å². The average Bonchev–Trinajstić information content (AvgIpc) is 2.87. The molecule has 1 amide bonds. The molecule has 1 aromatic rings. The third kappa shape index (κ3) is 4.11. The minimum absolute atomic E-state index is 0.0659. The van der Waals surface area contributed by atoms with Crippen molar-refractivity contribution in [3.05, 3.63) is 28.8 Å². The van der Waals surface area contributed by atoms with E-state index in [0.29, 0.717) is 30.0 Å². The van der Waals surface area contributed by atoms with Crippen molar-refractivity contribution in [3.63, 3.8) is 0 Å². The lowest BCUT2D eigenvalue weighted by Crippen LogP contribution is -2.34. The molecule has 0 saturated heterocycles. The van der Waals surface area contributed by atoms with Gasteiger partial charge >= 0.3 is 5.97 Å². The quantitative estimate of drug-likeness (QED) is 0.874. The minimum Gasteiger partial charge on any atom is -0.496 e. The van der Waals surface area contributed by atoms with E-state index in [4.69, 9.17) is 21.4 Å². The molecule has 0 aliphatic heterocycles. The largest absolute Gasteiger partial charge is 0.496 e. The number of methoxy groups -OCH3 is 1. The number of halogens is 1. The highest BCUT2D eigenvalue weighted by atomic mass is 35.5. The Kier molecular flexibility index (Phi) is 5.07. The molecule has 114 valence electrons. The zero-order valence-corrected chi connectivity index (χ0v) is 12.5. The Bertz CT molecular complexity index is 546. The fraction of sp³-hybridized carbons (Fsp3) is 0.467. The highest BCUT2D eigenvalue weighted by molar-refractivity contribution is 6.30. The van der Waals surface area contributed by atoms with Gasteiger partial charge in [0, 0.05) is 16.6 Å². The Balaban J connectivity index is 1.93. The van der Waals surface area contributed by atoms with Crippen LogP contribution in [0.5, 0.6) is 5.75 Å². The van der Waals surface area contributed by atoms with Gasteiger partial charge in [-0.15, -0.1) is 0 Å². The van der Waals surface area contributed by atoms with Gasteiger partial charge in [0.05, 0.1) is 19.4 Å². The first-order valence-corrected chi connectivity index (χ1v) is 7.22. The van der Waals surface area contributed by atoms with Crippen molar-refractivity contribution in [1.29, 1.82) is 0 Å². The summed E-state index contributed by atoms with van der Waals surface area (Å²) in [5.41, 5.74) is 0.718. The average molecular weight is 312 g/mol. The standard InChI is InChI=1S/C15H18ClNO4/c1-21-13-5-3-11(16)6-10(13)8-14(18)17-12-4-2-9(7-12)15(19)20/h3,5-6,9,12H,2,4,7-8H2,1H3,(H,17,18)(H,19,20). The van der Waals surface area contributed by atoms with Crippen LogP contribution in [0.2, 0.25) is 5.02 Å². The fourth-order valence-corrected chi connectivity index (χ4v) is 2.87. The number of carbonyl (C=O) groups is 2. The molecule has 1 aromatic carbocycles. The molecular weight excluding hydrogens is 294 g/mol. The second-order valence-electron chi connectivity index (χ2n) is 5.25. The Hall–Kier alpha value is -1.75. The van der Waals surface area contributed by atoms with Gasteiger partial charge < -0.3 is 15.2 Å². The molecule has 1 fully saturated rings. The summed E-state index contributed by atoms with van der Waals surface area (Å²) >= 11 is 5.93. The van der Waals surface area contributed by atoms with Crippen LogP contribution in [-0.4, -0.2) is 30.1 Å². The summed E-state index contributed by atoms with van der Waals surface area (Å²) in [4.78, 5) is 23.0. The summed E-state index contributed by atoms with van der Waals surface area (Å²) in [7, 11) is 1.54. The SMILES string of the molecule is COc1ccc(Cl)cc1CC(=O)NC1CCC(C(=O)O)C1. The molecule has 0 heterocycles. The van der Waals surface area contributed by atoms with Crippen LogP contribution in [0.15, 0.2) is 18.2 Å². The number of carbonyl (C=O) groups excluding carboxylic acids is 1. The summed E-state index contributed by atoms with van der Waals surface area (Å²) < 4.78 is 5.20. The zero-order valence-electron chi connectivity index (χ0n) is 11.8. The van der Waals surface area contributed by atoms with Gasteiger partial charge in [0.15, 0.2) is 0 Å². The molecule has 1 saturated carbocycles. The smallest absolute Gasteiger partial charge is 0.306 e. The van der Waals surface area contributed by atoms with Crippen LogP contribution in [0, 0.1) is 5.92 Å². The third-order valence-corrected chi connectivity index (χ3v) is 3.98. The van der Waals surface area contributed by atoms with Gasteiger partial charge in [-0.1, -0.05) is 11.6 Å². The van der Waals surface area contributed by atoms with Crippen LogP contribution in [0.3, 0.4) is 0 Å². The maximum atomic E-state index is 12.1. The van der Waals surface area contributed by atoms with Crippen molar-refractivity contribution in [1.82, 2.24) is 5.32 Å². The van der Waals surface area contributed by atoms with Crippen molar-refractivity contribution in [3.8, 4) is 5.75 Å². The molecule has 0 spiro atoms. The number of carboxylic acid groups (broad SMARTS) is 1. The second-order valence-corrected chi connectivity index (χ2v) is 5.68. The second kappa shape index (κ2) is 6.80. The van der Waals surface area contributed by atoms with Gasteiger partial charge in [-0.25, -0.2) is 0 Å². The summed E-state index contributed by atoms with van der Waals surface area (Å²) in [6.45, 7) is 0. The number of hydrogen-bond acceptors (Lipinski definition) is 3. The highest BCUT2D eigenvalue weighted by Crippen LogP contribution is 2.26. The lowest BCUT2D eigenvalue weighted by Gasteiger charge is -2.14. The van der Waals surface area contributed by atoms with Gasteiger partial charge in [0.25, 0.3) is 0 Å². The van der Waals surface area contributed by atoms with E-state index in [-0.39, 0.29) is 24.3 Å². The summed E-state index contributed by atoms with van der Waals surface area (Å²) in [6.07, 6.45) is 1.97. The number of hydrogen-bond donors (Lipinski definition) is 2. The van der Waals surface area contributed by atoms with Crippen molar-refractivity contribution in [2.75, 3.05) is 7.11 Å². The summed E-state index contributed by atoms with van der Waals surface area (Å²) in [6, 6.07) is 5.06. The number of benzene rings is 1. The molecular formula is C15H18ClNO4. The van der Waals surface area contributed by atoms with E-state index in [2.05, 4.69) is 5.32 Å². The molecule has 2 N–H and O–H groups in total. The van der Waals surface area contributed by atoms with E-state index in [1.165, 1.54) is 0 Å².